The van der Waals surface area contributed by atoms with Crippen LogP contribution in [0.15, 0.2) is 40.9 Å². The molecule has 1 saturated heterocycles. The molecule has 0 spiro atoms. The van der Waals surface area contributed by atoms with E-state index in [9.17, 15) is 13.6 Å². The zero-order chi connectivity index (χ0) is 29.8. The Morgan fingerprint density at radius 1 is 1.05 bits per heavy atom. The highest BCUT2D eigenvalue weighted by molar-refractivity contribution is 5.90. The number of methoxy groups -OCH3 is 1. The quantitative estimate of drug-likeness (QED) is 0.277. The van der Waals surface area contributed by atoms with Gasteiger partial charge in [0.1, 0.15) is 29.3 Å². The average Bonchev–Trinajstić information content (AvgIpc) is 3.46. The zero-order valence-corrected chi connectivity index (χ0v) is 21.6. The summed E-state index contributed by atoms with van der Waals surface area (Å²) in [6.07, 6.45) is 1.54. The number of hydrogen-bond acceptors (Lipinski definition) is 6. The molecule has 0 N–H and O–H groups in total. The fraction of sp³-hybridized carbons (Fsp3) is 0.414. The molecule has 1 unspecified atom stereocenters. The molecule has 4 aromatic rings. The Morgan fingerprint density at radius 2 is 1.82 bits per heavy atom. The van der Waals surface area contributed by atoms with Gasteiger partial charge in [-0.3, -0.25) is 4.90 Å². The van der Waals surface area contributed by atoms with Crippen LogP contribution in [0, 0.1) is 25.5 Å². The van der Waals surface area contributed by atoms with Gasteiger partial charge in [0.25, 0.3) is 0 Å². The normalized spacial score (nSPS) is 23.4. The molecule has 1 aliphatic heterocycles. The van der Waals surface area contributed by atoms with Gasteiger partial charge in [-0.1, -0.05) is 11.2 Å². The Morgan fingerprint density at radius 3 is 2.51 bits per heavy atom. The Kier molecular flexibility index (Phi) is 5.70. The molecule has 3 heterocycles. The van der Waals surface area contributed by atoms with Crippen LogP contribution in [0.2, 0.25) is 0 Å². The lowest BCUT2D eigenvalue weighted by molar-refractivity contribution is 0.0582. The fourth-order valence-corrected chi connectivity index (χ4v) is 6.00. The van der Waals surface area contributed by atoms with E-state index >= 15 is 0 Å². The molecule has 2 fully saturated rings. The minimum absolute atomic E-state index is 0.0343. The van der Waals surface area contributed by atoms with Crippen molar-refractivity contribution in [1.82, 2.24) is 14.7 Å². The van der Waals surface area contributed by atoms with Crippen LogP contribution in [0.1, 0.15) is 65.6 Å². The number of benzene rings is 2. The van der Waals surface area contributed by atoms with Crippen LogP contribution < -0.4 is 4.90 Å². The monoisotopic (exact) mass is 539 g/mol. The highest BCUT2D eigenvalue weighted by Crippen LogP contribution is 2.41. The molecule has 2 aliphatic rings. The first kappa shape index (κ1) is 22.1. The van der Waals surface area contributed by atoms with Crippen LogP contribution in [0.25, 0.3) is 22.2 Å². The number of ether oxygens (including phenoxy) is 2. The van der Waals surface area contributed by atoms with Gasteiger partial charge in [-0.25, -0.2) is 18.6 Å². The number of hydrogen-bond donors (Lipinski definition) is 0. The van der Waals surface area contributed by atoms with Crippen molar-refractivity contribution in [2.75, 3.05) is 18.5 Å². The summed E-state index contributed by atoms with van der Waals surface area (Å²) in [7, 11) is -2.47. The Hall–Kier alpha value is -3.79. The lowest BCUT2D eigenvalue weighted by Gasteiger charge is -2.37. The second-order valence-corrected chi connectivity index (χ2v) is 10.2. The number of amides is 1. The van der Waals surface area contributed by atoms with Crippen molar-refractivity contribution < 1.29 is 31.7 Å². The lowest BCUT2D eigenvalue weighted by atomic mass is 9.92. The molecule has 2 aromatic heterocycles. The molecule has 0 bridgehead atoms. The topological polar surface area (TPSA) is 82.6 Å². The molecular formula is C29H30F2N4O4. The smallest absolute Gasteiger partial charge is 0.414 e. The fourth-order valence-electron chi connectivity index (χ4n) is 6.00. The van der Waals surface area contributed by atoms with E-state index in [1.165, 1.54) is 4.90 Å². The molecule has 6 rings (SSSR count). The number of halogens is 2. The first-order chi connectivity index (χ1) is 20.0. The molecule has 8 nitrogen and oxygen atoms in total. The second kappa shape index (κ2) is 10.1. The third-order valence-electron chi connectivity index (χ3n) is 7.76. The van der Waals surface area contributed by atoms with Gasteiger partial charge in [0, 0.05) is 31.1 Å². The van der Waals surface area contributed by atoms with Crippen LogP contribution in [0.3, 0.4) is 0 Å². The number of imidazole rings is 1. The summed E-state index contributed by atoms with van der Waals surface area (Å²) >= 11 is 0. The largest absolute Gasteiger partial charge is 0.449 e. The highest BCUT2D eigenvalue weighted by Gasteiger charge is 2.38. The van der Waals surface area contributed by atoms with Crippen molar-refractivity contribution in [3.63, 3.8) is 0 Å². The summed E-state index contributed by atoms with van der Waals surface area (Å²) in [5.41, 5.74) is 4.02. The van der Waals surface area contributed by atoms with Gasteiger partial charge in [0.15, 0.2) is 0 Å². The number of fused-ring (bicyclic) bond motifs is 1. The van der Waals surface area contributed by atoms with Gasteiger partial charge >= 0.3 is 6.09 Å². The molecule has 204 valence electrons. The maximum Gasteiger partial charge on any atom is 0.414 e. The number of cyclic esters (lactones) is 1. The molecule has 39 heavy (non-hydrogen) atoms. The average molecular weight is 540 g/mol. The van der Waals surface area contributed by atoms with E-state index in [0.29, 0.717) is 49.2 Å². The number of carbonyl (C=O) groups excluding carboxylic acids is 1. The Labute approximate surface area is 228 Å². The van der Waals surface area contributed by atoms with Gasteiger partial charge in [-0.2, -0.15) is 0 Å². The third-order valence-corrected chi connectivity index (χ3v) is 7.76. The minimum atomic E-state index is -2.47. The number of carbonyl (C=O) groups is 1. The number of rotatable bonds is 5. The highest BCUT2D eigenvalue weighted by atomic mass is 19.1. The number of anilines is 1. The van der Waals surface area contributed by atoms with E-state index < -0.39 is 36.9 Å². The van der Waals surface area contributed by atoms with Crippen molar-refractivity contribution in [3.05, 3.63) is 65.3 Å². The van der Waals surface area contributed by atoms with Gasteiger partial charge in [0.05, 0.1) is 39.2 Å². The third kappa shape index (κ3) is 4.56. The number of aromatic nitrogens is 3. The minimum Gasteiger partial charge on any atom is -0.449 e. The summed E-state index contributed by atoms with van der Waals surface area (Å²) in [5, 5.41) is 4.07. The summed E-state index contributed by atoms with van der Waals surface area (Å²) in [4.78, 5) is 19.4. The second-order valence-electron chi connectivity index (χ2n) is 10.2. The lowest BCUT2D eigenvalue weighted by Crippen LogP contribution is -2.42. The van der Waals surface area contributed by atoms with Crippen molar-refractivity contribution in [2.24, 2.45) is 0 Å². The first-order valence-corrected chi connectivity index (χ1v) is 13.0. The molecule has 1 amide bonds. The van der Waals surface area contributed by atoms with Crippen LogP contribution in [-0.4, -0.2) is 40.5 Å². The first-order valence-electron chi connectivity index (χ1n) is 14.5. The van der Waals surface area contributed by atoms with Crippen molar-refractivity contribution in [2.45, 2.75) is 64.1 Å². The van der Waals surface area contributed by atoms with Gasteiger partial charge in [-0.05, 0) is 69.4 Å². The Bertz CT molecular complexity index is 1610. The molecule has 1 saturated carbocycles. The van der Waals surface area contributed by atoms with Crippen LogP contribution in [-0.2, 0) is 9.47 Å². The summed E-state index contributed by atoms with van der Waals surface area (Å²) in [6.45, 7) is 3.82. The van der Waals surface area contributed by atoms with Crippen LogP contribution in [0.4, 0.5) is 19.3 Å². The predicted molar refractivity (Wildman–Crippen MR) is 141 cm³/mol. The number of nitrogens with zero attached hydrogens (tertiary/aromatic N) is 4. The summed E-state index contributed by atoms with van der Waals surface area (Å²) in [6, 6.07) is 8.08. The molecule has 1 atom stereocenters. The van der Waals surface area contributed by atoms with Crippen molar-refractivity contribution in [1.29, 1.82) is 0 Å². The molecule has 10 heteroatoms. The van der Waals surface area contributed by atoms with Gasteiger partial charge in [0.2, 0.25) is 0 Å². The summed E-state index contributed by atoms with van der Waals surface area (Å²) < 4.78 is 69.0. The molecule has 2 aromatic carbocycles. The van der Waals surface area contributed by atoms with E-state index in [1.807, 2.05) is 32.0 Å². The predicted octanol–water partition coefficient (Wildman–Crippen LogP) is 6.80. The standard InChI is InChI=1S/C29H30F2N4O4/c1-16-27(17(2)39-33-16)18-4-9-25-24(12-18)32-28(34(25)21-5-7-23(37-3)8-6-21)26-10-11-38-29(36)35(26)22-14-19(30)13-20(31)15-22/h4,9,12-15,21,23,26H,5-8,10-11H2,1-3H3/i3D3. The maximum atomic E-state index is 14.3. The van der Waals surface area contributed by atoms with E-state index in [-0.39, 0.29) is 18.3 Å². The molecule has 1 aliphatic carbocycles. The number of aryl methyl sites for hydroxylation is 2. The van der Waals surface area contributed by atoms with Crippen LogP contribution in [0.5, 0.6) is 0 Å². The molecule has 0 radical (unpaired) electrons. The van der Waals surface area contributed by atoms with Crippen LogP contribution >= 0.6 is 0 Å². The van der Waals surface area contributed by atoms with Gasteiger partial charge in [-0.15, -0.1) is 0 Å². The Balaban J connectivity index is 1.46. The van der Waals surface area contributed by atoms with E-state index in [0.717, 1.165) is 40.5 Å². The van der Waals surface area contributed by atoms with E-state index in [2.05, 4.69) is 9.72 Å². The summed E-state index contributed by atoms with van der Waals surface area (Å²) in [5.74, 6) is -0.393. The SMILES string of the molecule is [2H]C([2H])([2H])OC1CCC(n2c(C3CCOC(=O)N3c3cc(F)cc(F)c3)nc3cc(-c4c(C)noc4C)ccc32)CC1. The van der Waals surface area contributed by atoms with Crippen molar-refractivity contribution in [3.8, 4) is 11.1 Å². The van der Waals surface area contributed by atoms with E-state index in [1.54, 1.807) is 0 Å². The van der Waals surface area contributed by atoms with Gasteiger partial charge < -0.3 is 18.6 Å². The van der Waals surface area contributed by atoms with E-state index in [4.69, 9.17) is 23.1 Å². The maximum absolute atomic E-state index is 14.3. The van der Waals surface area contributed by atoms with Crippen molar-refractivity contribution >= 4 is 22.8 Å². The zero-order valence-electron chi connectivity index (χ0n) is 24.6. The molecular weight excluding hydrogens is 506 g/mol.